The van der Waals surface area contributed by atoms with E-state index in [4.69, 9.17) is 0 Å². The highest BCUT2D eigenvalue weighted by Crippen LogP contribution is 2.22. The molecule has 0 aliphatic rings. The first-order chi connectivity index (χ1) is 9.16. The molecular formula is C14H9IN2O2. The lowest BCUT2D eigenvalue weighted by molar-refractivity contribution is 0.0698. The number of aromatic nitrogens is 2. The maximum Gasteiger partial charge on any atom is 0.337 e. The number of aromatic carboxylic acids is 1. The molecule has 0 fully saturated rings. The molecular weight excluding hydrogens is 355 g/mol. The van der Waals surface area contributed by atoms with Gasteiger partial charge in [0.1, 0.15) is 6.33 Å². The van der Waals surface area contributed by atoms with Gasteiger partial charge in [-0.25, -0.2) is 9.78 Å². The fourth-order valence-corrected chi connectivity index (χ4v) is 2.40. The molecule has 0 saturated heterocycles. The van der Waals surface area contributed by atoms with Gasteiger partial charge in [-0.15, -0.1) is 0 Å². The monoisotopic (exact) mass is 364 g/mol. The second-order valence-electron chi connectivity index (χ2n) is 4.07. The summed E-state index contributed by atoms with van der Waals surface area (Å²) < 4.78 is 2.93. The number of benzene rings is 2. The van der Waals surface area contributed by atoms with E-state index in [0.29, 0.717) is 11.0 Å². The van der Waals surface area contributed by atoms with Gasteiger partial charge < -0.3 is 5.11 Å². The number of carbonyl (C=O) groups is 1. The molecule has 0 atom stereocenters. The molecule has 94 valence electrons. The van der Waals surface area contributed by atoms with Crippen LogP contribution in [0.1, 0.15) is 10.4 Å². The molecule has 4 nitrogen and oxygen atoms in total. The zero-order valence-electron chi connectivity index (χ0n) is 9.75. The molecule has 3 rings (SSSR count). The zero-order valence-corrected chi connectivity index (χ0v) is 11.9. The van der Waals surface area contributed by atoms with Gasteiger partial charge in [-0.2, -0.15) is 0 Å². The van der Waals surface area contributed by atoms with Gasteiger partial charge in [-0.1, -0.05) is 6.07 Å². The Bertz CT molecular complexity index is 763. The standard InChI is InChI=1S/C14H9IN2O2/c15-9-4-6-10(7-5-9)17-8-16-12-3-1-2-11(13(12)17)14(18)19/h1-8H,(H,18,19). The zero-order chi connectivity index (χ0) is 13.4. The van der Waals surface area contributed by atoms with Gasteiger partial charge in [0.2, 0.25) is 0 Å². The van der Waals surface area contributed by atoms with Crippen LogP contribution in [-0.4, -0.2) is 20.6 Å². The van der Waals surface area contributed by atoms with E-state index >= 15 is 0 Å². The van der Waals surface area contributed by atoms with Crippen molar-refractivity contribution in [3.63, 3.8) is 0 Å². The van der Waals surface area contributed by atoms with Gasteiger partial charge in [0, 0.05) is 9.26 Å². The molecule has 0 bridgehead atoms. The van der Waals surface area contributed by atoms with E-state index in [9.17, 15) is 9.90 Å². The molecule has 0 aliphatic heterocycles. The Kier molecular flexibility index (Phi) is 2.98. The van der Waals surface area contributed by atoms with Crippen LogP contribution in [0.25, 0.3) is 16.7 Å². The Morgan fingerprint density at radius 3 is 2.58 bits per heavy atom. The Balaban J connectivity index is 2.30. The molecule has 0 unspecified atom stereocenters. The summed E-state index contributed by atoms with van der Waals surface area (Å²) in [4.78, 5) is 15.6. The third kappa shape index (κ3) is 2.10. The fraction of sp³-hybridized carbons (Fsp3) is 0. The fourth-order valence-electron chi connectivity index (χ4n) is 2.04. The van der Waals surface area contributed by atoms with Crippen LogP contribution in [0.2, 0.25) is 0 Å². The summed E-state index contributed by atoms with van der Waals surface area (Å²) in [6, 6.07) is 13.0. The number of para-hydroxylation sites is 1. The Morgan fingerprint density at radius 1 is 1.16 bits per heavy atom. The van der Waals surface area contributed by atoms with Crippen LogP contribution in [0.4, 0.5) is 0 Å². The highest BCUT2D eigenvalue weighted by atomic mass is 127. The lowest BCUT2D eigenvalue weighted by Crippen LogP contribution is -2.01. The first-order valence-electron chi connectivity index (χ1n) is 5.62. The third-order valence-electron chi connectivity index (χ3n) is 2.90. The van der Waals surface area contributed by atoms with Crippen LogP contribution in [0.15, 0.2) is 48.8 Å². The third-order valence-corrected chi connectivity index (χ3v) is 3.62. The lowest BCUT2D eigenvalue weighted by atomic mass is 10.2. The summed E-state index contributed by atoms with van der Waals surface area (Å²) in [6.45, 7) is 0. The quantitative estimate of drug-likeness (QED) is 0.710. The molecule has 0 spiro atoms. The smallest absolute Gasteiger partial charge is 0.337 e. The number of halogens is 1. The molecule has 3 aromatic rings. The van der Waals surface area contributed by atoms with Crippen LogP contribution < -0.4 is 0 Å². The molecule has 1 aromatic heterocycles. The van der Waals surface area contributed by atoms with Crippen molar-refractivity contribution in [2.75, 3.05) is 0 Å². The normalized spacial score (nSPS) is 10.8. The second-order valence-corrected chi connectivity index (χ2v) is 5.32. The van der Waals surface area contributed by atoms with Gasteiger partial charge in [0.05, 0.1) is 16.6 Å². The van der Waals surface area contributed by atoms with Crippen LogP contribution in [0.5, 0.6) is 0 Å². The summed E-state index contributed by atoms with van der Waals surface area (Å²) in [5.41, 5.74) is 2.46. The van der Waals surface area contributed by atoms with E-state index in [0.717, 1.165) is 9.26 Å². The average molecular weight is 364 g/mol. The summed E-state index contributed by atoms with van der Waals surface area (Å²) >= 11 is 2.23. The first kappa shape index (κ1) is 12.2. The number of carboxylic acids is 1. The van der Waals surface area contributed by atoms with E-state index in [1.54, 1.807) is 23.0 Å². The van der Waals surface area contributed by atoms with Crippen molar-refractivity contribution in [1.29, 1.82) is 0 Å². The van der Waals surface area contributed by atoms with Crippen molar-refractivity contribution in [2.24, 2.45) is 0 Å². The SMILES string of the molecule is O=C(O)c1cccc2ncn(-c3ccc(I)cc3)c12. The minimum absolute atomic E-state index is 0.258. The average Bonchev–Trinajstić information content (AvgIpc) is 2.83. The lowest BCUT2D eigenvalue weighted by Gasteiger charge is -2.06. The Hall–Kier alpha value is -1.89. The number of rotatable bonds is 2. The van der Waals surface area contributed by atoms with Crippen LogP contribution >= 0.6 is 22.6 Å². The van der Waals surface area contributed by atoms with Crippen LogP contribution in [-0.2, 0) is 0 Å². The molecule has 5 heteroatoms. The van der Waals surface area contributed by atoms with Gasteiger partial charge in [-0.05, 0) is 59.0 Å². The second kappa shape index (κ2) is 4.65. The molecule has 0 amide bonds. The van der Waals surface area contributed by atoms with Crippen molar-refractivity contribution in [2.45, 2.75) is 0 Å². The van der Waals surface area contributed by atoms with Crippen molar-refractivity contribution < 1.29 is 9.90 Å². The predicted octanol–water partition coefficient (Wildman–Crippen LogP) is 3.33. The molecule has 1 heterocycles. The highest BCUT2D eigenvalue weighted by Gasteiger charge is 2.13. The predicted molar refractivity (Wildman–Crippen MR) is 80.7 cm³/mol. The minimum Gasteiger partial charge on any atom is -0.478 e. The minimum atomic E-state index is -0.946. The van der Waals surface area contributed by atoms with Gasteiger partial charge in [0.25, 0.3) is 0 Å². The number of hydrogen-bond acceptors (Lipinski definition) is 2. The van der Waals surface area contributed by atoms with Crippen molar-refractivity contribution in [1.82, 2.24) is 9.55 Å². The van der Waals surface area contributed by atoms with Crippen LogP contribution in [0.3, 0.4) is 0 Å². The maximum absolute atomic E-state index is 11.3. The van der Waals surface area contributed by atoms with Gasteiger partial charge >= 0.3 is 5.97 Å². The molecule has 0 radical (unpaired) electrons. The Labute approximate surface area is 122 Å². The molecule has 19 heavy (non-hydrogen) atoms. The largest absolute Gasteiger partial charge is 0.478 e. The summed E-state index contributed by atoms with van der Waals surface area (Å²) in [5, 5.41) is 9.27. The van der Waals surface area contributed by atoms with E-state index < -0.39 is 5.97 Å². The highest BCUT2D eigenvalue weighted by molar-refractivity contribution is 14.1. The maximum atomic E-state index is 11.3. The number of carboxylic acid groups (broad SMARTS) is 1. The number of imidazole rings is 1. The number of fused-ring (bicyclic) bond motifs is 1. The Morgan fingerprint density at radius 2 is 1.89 bits per heavy atom. The molecule has 2 aromatic carbocycles. The number of hydrogen-bond donors (Lipinski definition) is 1. The van der Waals surface area contributed by atoms with E-state index in [-0.39, 0.29) is 5.56 Å². The summed E-state index contributed by atoms with van der Waals surface area (Å²) in [6.07, 6.45) is 1.65. The summed E-state index contributed by atoms with van der Waals surface area (Å²) in [7, 11) is 0. The van der Waals surface area contributed by atoms with Crippen molar-refractivity contribution in [3.8, 4) is 5.69 Å². The molecule has 0 saturated carbocycles. The van der Waals surface area contributed by atoms with Crippen molar-refractivity contribution in [3.05, 3.63) is 57.9 Å². The summed E-state index contributed by atoms with van der Waals surface area (Å²) in [5.74, 6) is -0.946. The topological polar surface area (TPSA) is 55.1 Å². The van der Waals surface area contributed by atoms with Crippen molar-refractivity contribution >= 4 is 39.6 Å². The molecule has 0 aliphatic carbocycles. The van der Waals surface area contributed by atoms with Crippen LogP contribution in [0, 0.1) is 3.57 Å². The first-order valence-corrected chi connectivity index (χ1v) is 6.70. The molecule has 1 N–H and O–H groups in total. The van der Waals surface area contributed by atoms with E-state index in [1.165, 1.54) is 0 Å². The van der Waals surface area contributed by atoms with Gasteiger partial charge in [-0.3, -0.25) is 4.57 Å². The van der Waals surface area contributed by atoms with E-state index in [2.05, 4.69) is 27.6 Å². The number of nitrogens with zero attached hydrogens (tertiary/aromatic N) is 2. The van der Waals surface area contributed by atoms with Gasteiger partial charge in [0.15, 0.2) is 0 Å². The van der Waals surface area contributed by atoms with E-state index in [1.807, 2.05) is 30.3 Å².